The van der Waals surface area contributed by atoms with Crippen molar-refractivity contribution in [3.8, 4) is 0 Å². The summed E-state index contributed by atoms with van der Waals surface area (Å²) in [5.74, 6) is -4.51. The molecular formula is C34H23Cl3N2O4. The minimum absolute atomic E-state index is 0.00633. The minimum atomic E-state index is -1.24. The molecular weight excluding hydrogens is 607 g/mol. The third-order valence-corrected chi connectivity index (χ3v) is 9.69. The van der Waals surface area contributed by atoms with Crippen molar-refractivity contribution in [3.05, 3.63) is 139 Å². The Balaban J connectivity index is 1.37. The lowest BCUT2D eigenvalue weighted by molar-refractivity contribution is -0.156. The molecule has 9 heteroatoms. The maximum absolute atomic E-state index is 14.5. The van der Waals surface area contributed by atoms with Crippen molar-refractivity contribution in [2.75, 3.05) is 0 Å². The van der Waals surface area contributed by atoms with Gasteiger partial charge in [0.05, 0.1) is 22.4 Å². The Labute approximate surface area is 262 Å². The number of rotatable bonds is 5. The number of nitrogens with zero attached hydrogens (tertiary/aromatic N) is 2. The van der Waals surface area contributed by atoms with Crippen molar-refractivity contribution in [2.24, 2.45) is 11.8 Å². The first-order chi connectivity index (χ1) is 20.7. The Kier molecular flexibility index (Phi) is 6.69. The van der Waals surface area contributed by atoms with Gasteiger partial charge in [-0.05, 0) is 71.6 Å². The summed E-state index contributed by atoms with van der Waals surface area (Å²) in [6, 6.07) is 25.0. The van der Waals surface area contributed by atoms with Crippen molar-refractivity contribution in [1.82, 2.24) is 10.0 Å². The van der Waals surface area contributed by atoms with Crippen LogP contribution in [-0.2, 0) is 9.59 Å². The highest BCUT2D eigenvalue weighted by atomic mass is 35.5. The van der Waals surface area contributed by atoms with Gasteiger partial charge in [-0.2, -0.15) is 5.01 Å². The fourth-order valence-electron chi connectivity index (χ4n) is 7.07. The first-order valence-corrected chi connectivity index (χ1v) is 15.0. The molecule has 3 aliphatic carbocycles. The van der Waals surface area contributed by atoms with Gasteiger partial charge in [0.2, 0.25) is 0 Å². The molecule has 1 saturated heterocycles. The number of imide groups is 1. The summed E-state index contributed by atoms with van der Waals surface area (Å²) in [6.45, 7) is 1.50. The third-order valence-electron chi connectivity index (χ3n) is 8.89. The van der Waals surface area contributed by atoms with Crippen LogP contribution in [0.15, 0.2) is 91.0 Å². The fourth-order valence-corrected chi connectivity index (χ4v) is 7.68. The molecule has 4 aliphatic rings. The zero-order valence-electron chi connectivity index (χ0n) is 22.7. The Morgan fingerprint density at radius 1 is 0.698 bits per heavy atom. The Bertz CT molecular complexity index is 1740. The first kappa shape index (κ1) is 27.8. The number of carbonyl (C=O) groups is 4. The predicted octanol–water partition coefficient (Wildman–Crippen LogP) is 7.17. The van der Waals surface area contributed by atoms with Gasteiger partial charge in [-0.3, -0.25) is 19.2 Å². The van der Waals surface area contributed by atoms with Gasteiger partial charge in [0.1, 0.15) is 6.04 Å². The zero-order valence-corrected chi connectivity index (χ0v) is 25.0. The van der Waals surface area contributed by atoms with Crippen LogP contribution >= 0.6 is 34.8 Å². The maximum Gasteiger partial charge on any atom is 0.275 e. The number of benzene rings is 4. The molecule has 4 aromatic carbocycles. The van der Waals surface area contributed by atoms with E-state index in [0.717, 1.165) is 32.3 Å². The maximum atomic E-state index is 14.5. The monoisotopic (exact) mass is 628 g/mol. The van der Waals surface area contributed by atoms with Crippen molar-refractivity contribution in [3.63, 3.8) is 0 Å². The third kappa shape index (κ3) is 4.15. The smallest absolute Gasteiger partial charge is 0.275 e. The molecule has 3 amide bonds. The largest absolute Gasteiger partial charge is 0.292 e. The number of carbonyl (C=O) groups excluding carboxylic acids is 4. The standard InChI is InChI=1S/C34H23Cl3N2O4/c1-17(31(40)18-10-12-19(35)13-11-18)38(32(41)25-15-14-20(36)16-26(25)37)39-33(42)29-27-21-6-2-3-7-22(21)28(30(29)34(39)43)24-9-5-4-8-23(24)27/h2-17,27-30H,1H3/t17-,27?,28?,29-,30+/m1/s1. The van der Waals surface area contributed by atoms with Crippen molar-refractivity contribution < 1.29 is 19.2 Å². The predicted molar refractivity (Wildman–Crippen MR) is 163 cm³/mol. The molecule has 6 nitrogen and oxygen atoms in total. The second kappa shape index (κ2) is 10.3. The Morgan fingerprint density at radius 2 is 1.16 bits per heavy atom. The molecule has 1 heterocycles. The molecule has 1 fully saturated rings. The van der Waals surface area contributed by atoms with E-state index in [-0.39, 0.29) is 28.0 Å². The number of hydrogen-bond donors (Lipinski definition) is 0. The second-order valence-electron chi connectivity index (χ2n) is 11.1. The summed E-state index contributed by atoms with van der Waals surface area (Å²) in [5.41, 5.74) is 4.28. The highest BCUT2D eigenvalue weighted by Crippen LogP contribution is 2.61. The quantitative estimate of drug-likeness (QED) is 0.173. The fraction of sp³-hybridized carbons (Fsp3) is 0.176. The van der Waals surface area contributed by atoms with Crippen LogP contribution in [0, 0.1) is 11.8 Å². The molecule has 3 atom stereocenters. The van der Waals surface area contributed by atoms with E-state index in [4.69, 9.17) is 34.8 Å². The summed E-state index contributed by atoms with van der Waals surface area (Å²) in [5, 5.41) is 2.66. The van der Waals surface area contributed by atoms with Crippen LogP contribution in [0.1, 0.15) is 61.7 Å². The number of Topliss-reactive ketones (excluding diaryl/α,β-unsaturated/α-hetero) is 1. The highest BCUT2D eigenvalue weighted by Gasteiger charge is 2.63. The van der Waals surface area contributed by atoms with E-state index in [9.17, 15) is 19.2 Å². The molecule has 0 N–H and O–H groups in total. The zero-order chi connectivity index (χ0) is 30.2. The first-order valence-electron chi connectivity index (χ1n) is 13.8. The van der Waals surface area contributed by atoms with E-state index < -0.39 is 41.4 Å². The van der Waals surface area contributed by atoms with Gasteiger partial charge < -0.3 is 0 Å². The molecule has 0 radical (unpaired) electrons. The number of hydrazine groups is 1. The average molecular weight is 630 g/mol. The molecule has 214 valence electrons. The van der Waals surface area contributed by atoms with Crippen molar-refractivity contribution in [1.29, 1.82) is 0 Å². The van der Waals surface area contributed by atoms with Crippen LogP contribution in [0.2, 0.25) is 15.1 Å². The van der Waals surface area contributed by atoms with E-state index in [2.05, 4.69) is 0 Å². The van der Waals surface area contributed by atoms with E-state index in [1.54, 1.807) is 24.3 Å². The van der Waals surface area contributed by atoms with Gasteiger partial charge in [-0.1, -0.05) is 83.3 Å². The summed E-state index contributed by atoms with van der Waals surface area (Å²) >= 11 is 18.6. The van der Waals surface area contributed by atoms with Crippen molar-refractivity contribution >= 4 is 58.3 Å². The average Bonchev–Trinajstić information content (AvgIpc) is 3.27. The lowest BCUT2D eigenvalue weighted by Crippen LogP contribution is -2.56. The number of ketones is 1. The lowest BCUT2D eigenvalue weighted by atomic mass is 9.55. The van der Waals surface area contributed by atoms with E-state index in [1.807, 2.05) is 48.5 Å². The van der Waals surface area contributed by atoms with Gasteiger partial charge >= 0.3 is 0 Å². The van der Waals surface area contributed by atoms with E-state index in [0.29, 0.717) is 10.0 Å². The Morgan fingerprint density at radius 3 is 1.63 bits per heavy atom. The molecule has 0 unspecified atom stereocenters. The SMILES string of the molecule is C[C@H](C(=O)c1ccc(Cl)cc1)N(C(=O)c1ccc(Cl)cc1Cl)N1C(=O)[C@@H]2C3c4ccccc4C(c4ccccc43)[C@@H]2C1=O. The normalized spacial score (nSPS) is 22.1. The lowest BCUT2D eigenvalue weighted by Gasteiger charge is -2.45. The van der Waals surface area contributed by atoms with Gasteiger partial charge in [0.15, 0.2) is 5.78 Å². The molecule has 4 aromatic rings. The second-order valence-corrected chi connectivity index (χ2v) is 12.4. The molecule has 43 heavy (non-hydrogen) atoms. The topological polar surface area (TPSA) is 74.8 Å². The molecule has 0 aromatic heterocycles. The van der Waals surface area contributed by atoms with Gasteiger partial charge in [-0.25, -0.2) is 5.01 Å². The molecule has 0 saturated carbocycles. The van der Waals surface area contributed by atoms with Crippen LogP contribution in [0.4, 0.5) is 0 Å². The van der Waals surface area contributed by atoms with Crippen molar-refractivity contribution in [2.45, 2.75) is 24.8 Å². The molecule has 1 aliphatic heterocycles. The van der Waals surface area contributed by atoms with Crippen LogP contribution in [0.3, 0.4) is 0 Å². The van der Waals surface area contributed by atoms with Crippen LogP contribution < -0.4 is 0 Å². The number of halogens is 3. The summed E-state index contributed by atoms with van der Waals surface area (Å²) in [4.78, 5) is 57.1. The summed E-state index contributed by atoms with van der Waals surface area (Å²) in [6.07, 6.45) is 0. The van der Waals surface area contributed by atoms with Crippen LogP contribution in [0.5, 0.6) is 0 Å². The summed E-state index contributed by atoms with van der Waals surface area (Å²) < 4.78 is 0. The highest BCUT2D eigenvalue weighted by molar-refractivity contribution is 6.37. The van der Waals surface area contributed by atoms with Gasteiger partial charge in [0.25, 0.3) is 17.7 Å². The molecule has 8 rings (SSSR count). The van der Waals surface area contributed by atoms with Crippen LogP contribution in [0.25, 0.3) is 0 Å². The van der Waals surface area contributed by atoms with Gasteiger partial charge in [-0.15, -0.1) is 0 Å². The van der Waals surface area contributed by atoms with Gasteiger partial charge in [0, 0.05) is 27.4 Å². The minimum Gasteiger partial charge on any atom is -0.292 e. The summed E-state index contributed by atoms with van der Waals surface area (Å²) in [7, 11) is 0. The van der Waals surface area contributed by atoms with Crippen LogP contribution in [-0.4, -0.2) is 39.6 Å². The number of hydrogen-bond acceptors (Lipinski definition) is 4. The van der Waals surface area contributed by atoms with E-state index in [1.165, 1.54) is 25.1 Å². The molecule has 2 bridgehead atoms. The van der Waals surface area contributed by atoms with E-state index >= 15 is 0 Å². The molecule has 0 spiro atoms. The Hall–Kier alpha value is -3.97. The number of amides is 3.